The summed E-state index contributed by atoms with van der Waals surface area (Å²) in [6, 6.07) is 10.3. The molecule has 6 heteroatoms. The second-order valence-electron chi connectivity index (χ2n) is 7.17. The quantitative estimate of drug-likeness (QED) is 0.826. The molecule has 1 N–H and O–H groups in total. The van der Waals surface area contributed by atoms with E-state index in [1.54, 1.807) is 0 Å². The topological polar surface area (TPSA) is 52.7 Å². The Morgan fingerprint density at radius 2 is 1.92 bits per heavy atom. The third kappa shape index (κ3) is 4.98. The molecule has 1 atom stereocenters. The summed E-state index contributed by atoms with van der Waals surface area (Å²) in [5.41, 5.74) is 1.12. The number of hydrogen-bond acceptors (Lipinski definition) is 3. The number of carbonyl (C=O) groups is 2. The lowest BCUT2D eigenvalue weighted by atomic mass is 10.0. The van der Waals surface area contributed by atoms with Crippen LogP contribution in [0.4, 0.5) is 0 Å². The van der Waals surface area contributed by atoms with E-state index in [-0.39, 0.29) is 30.1 Å². The minimum Gasteiger partial charge on any atom is -0.339 e. The standard InChI is InChI=1S/C20H29N3O2.ClH/c1-2-12-23(18-8-10-21-11-9-18)20(25)17-13-19(24)22(15-17)14-16-6-4-3-5-7-16;/h3-7,17-18,21H,2,8-15H2,1H3;1H. The Bertz CT molecular complexity index is 590. The van der Waals surface area contributed by atoms with Gasteiger partial charge in [-0.1, -0.05) is 37.3 Å². The van der Waals surface area contributed by atoms with Crippen LogP contribution in [0.1, 0.15) is 38.2 Å². The third-order valence-corrected chi connectivity index (χ3v) is 5.28. The molecule has 2 aliphatic heterocycles. The number of hydrogen-bond donors (Lipinski definition) is 1. The van der Waals surface area contributed by atoms with Crippen LogP contribution in [0.5, 0.6) is 0 Å². The summed E-state index contributed by atoms with van der Waals surface area (Å²) in [6.45, 7) is 6.02. The number of likely N-dealkylation sites (tertiary alicyclic amines) is 1. The van der Waals surface area contributed by atoms with Crippen LogP contribution in [0.25, 0.3) is 0 Å². The predicted molar refractivity (Wildman–Crippen MR) is 105 cm³/mol. The second kappa shape index (κ2) is 9.93. The van der Waals surface area contributed by atoms with Crippen molar-refractivity contribution in [2.75, 3.05) is 26.2 Å². The molecule has 0 bridgehead atoms. The highest BCUT2D eigenvalue weighted by Gasteiger charge is 2.38. The van der Waals surface area contributed by atoms with Crippen molar-refractivity contribution < 1.29 is 9.59 Å². The van der Waals surface area contributed by atoms with Crippen molar-refractivity contribution in [3.63, 3.8) is 0 Å². The molecule has 2 heterocycles. The average Bonchev–Trinajstić information content (AvgIpc) is 3.01. The number of nitrogens with zero attached hydrogens (tertiary/aromatic N) is 2. The van der Waals surface area contributed by atoms with Gasteiger partial charge >= 0.3 is 0 Å². The fourth-order valence-corrected chi connectivity index (χ4v) is 3.96. The Morgan fingerprint density at radius 3 is 2.58 bits per heavy atom. The minimum atomic E-state index is -0.183. The molecule has 0 aromatic heterocycles. The first-order valence-corrected chi connectivity index (χ1v) is 9.52. The van der Waals surface area contributed by atoms with Crippen LogP contribution >= 0.6 is 12.4 Å². The van der Waals surface area contributed by atoms with Crippen molar-refractivity contribution in [2.45, 2.75) is 45.2 Å². The van der Waals surface area contributed by atoms with E-state index < -0.39 is 0 Å². The molecule has 0 radical (unpaired) electrons. The highest BCUT2D eigenvalue weighted by Crippen LogP contribution is 2.24. The van der Waals surface area contributed by atoms with Gasteiger partial charge in [0.1, 0.15) is 0 Å². The first kappa shape index (κ1) is 20.7. The number of benzene rings is 1. The van der Waals surface area contributed by atoms with Gasteiger partial charge in [0.25, 0.3) is 0 Å². The Kier molecular flexibility index (Phi) is 7.91. The van der Waals surface area contributed by atoms with Crippen molar-refractivity contribution >= 4 is 24.2 Å². The molecular formula is C20H30ClN3O2. The third-order valence-electron chi connectivity index (χ3n) is 5.28. The van der Waals surface area contributed by atoms with Crippen LogP contribution in [0.3, 0.4) is 0 Å². The summed E-state index contributed by atoms with van der Waals surface area (Å²) in [7, 11) is 0. The number of amides is 2. The lowest BCUT2D eigenvalue weighted by molar-refractivity contribution is -0.138. The fraction of sp³-hybridized carbons (Fsp3) is 0.600. The first-order chi connectivity index (χ1) is 12.2. The Labute approximate surface area is 162 Å². The molecule has 5 nitrogen and oxygen atoms in total. The summed E-state index contributed by atoms with van der Waals surface area (Å²) in [6.07, 6.45) is 3.35. The van der Waals surface area contributed by atoms with Gasteiger partial charge in [0.2, 0.25) is 11.8 Å². The van der Waals surface area contributed by atoms with Crippen molar-refractivity contribution in [3.05, 3.63) is 35.9 Å². The summed E-state index contributed by atoms with van der Waals surface area (Å²) in [5.74, 6) is 0.0965. The van der Waals surface area contributed by atoms with Crippen LogP contribution in [-0.4, -0.2) is 53.8 Å². The highest BCUT2D eigenvalue weighted by molar-refractivity contribution is 5.89. The van der Waals surface area contributed by atoms with Crippen molar-refractivity contribution in [3.8, 4) is 0 Å². The number of piperidine rings is 1. The van der Waals surface area contributed by atoms with Gasteiger partial charge in [-0.3, -0.25) is 9.59 Å². The average molecular weight is 380 g/mol. The maximum absolute atomic E-state index is 13.1. The molecule has 2 fully saturated rings. The van der Waals surface area contributed by atoms with Crippen molar-refractivity contribution in [2.24, 2.45) is 5.92 Å². The lowest BCUT2D eigenvalue weighted by Gasteiger charge is -2.36. The van der Waals surface area contributed by atoms with Crippen LogP contribution < -0.4 is 5.32 Å². The van der Waals surface area contributed by atoms with Gasteiger partial charge in [-0.25, -0.2) is 0 Å². The zero-order valence-corrected chi connectivity index (χ0v) is 16.3. The van der Waals surface area contributed by atoms with E-state index >= 15 is 0 Å². The molecule has 26 heavy (non-hydrogen) atoms. The van der Waals surface area contributed by atoms with E-state index in [0.717, 1.165) is 44.5 Å². The molecule has 2 aliphatic rings. The number of carbonyl (C=O) groups excluding carboxylic acids is 2. The molecule has 2 saturated heterocycles. The van der Waals surface area contributed by atoms with Gasteiger partial charge in [-0.2, -0.15) is 0 Å². The zero-order chi connectivity index (χ0) is 17.6. The van der Waals surface area contributed by atoms with Gasteiger partial charge in [-0.15, -0.1) is 12.4 Å². The van der Waals surface area contributed by atoms with Gasteiger partial charge < -0.3 is 15.1 Å². The molecule has 144 valence electrons. The zero-order valence-electron chi connectivity index (χ0n) is 15.5. The molecule has 1 unspecified atom stereocenters. The monoisotopic (exact) mass is 379 g/mol. The Hall–Kier alpha value is -1.59. The van der Waals surface area contributed by atoms with E-state index in [2.05, 4.69) is 17.1 Å². The number of rotatable bonds is 6. The fourth-order valence-electron chi connectivity index (χ4n) is 3.96. The Morgan fingerprint density at radius 1 is 1.23 bits per heavy atom. The van der Waals surface area contributed by atoms with Crippen LogP contribution in [0.15, 0.2) is 30.3 Å². The van der Waals surface area contributed by atoms with E-state index in [4.69, 9.17) is 0 Å². The molecule has 0 aliphatic carbocycles. The van der Waals surface area contributed by atoms with Crippen molar-refractivity contribution in [1.29, 1.82) is 0 Å². The highest BCUT2D eigenvalue weighted by atomic mass is 35.5. The summed E-state index contributed by atoms with van der Waals surface area (Å²) in [4.78, 5) is 29.4. The van der Waals surface area contributed by atoms with Gasteiger partial charge in [0.15, 0.2) is 0 Å². The lowest BCUT2D eigenvalue weighted by Crippen LogP contribution is -2.48. The first-order valence-electron chi connectivity index (χ1n) is 9.52. The van der Waals surface area contributed by atoms with Crippen LogP contribution in [-0.2, 0) is 16.1 Å². The summed E-state index contributed by atoms with van der Waals surface area (Å²) < 4.78 is 0. The van der Waals surface area contributed by atoms with Gasteiger partial charge in [0.05, 0.1) is 5.92 Å². The largest absolute Gasteiger partial charge is 0.339 e. The summed E-state index contributed by atoms with van der Waals surface area (Å²) in [5, 5.41) is 3.36. The number of nitrogens with one attached hydrogen (secondary N) is 1. The van der Waals surface area contributed by atoms with E-state index in [0.29, 0.717) is 25.6 Å². The smallest absolute Gasteiger partial charge is 0.228 e. The predicted octanol–water partition coefficient (Wildman–Crippen LogP) is 2.45. The molecule has 1 aromatic rings. The van der Waals surface area contributed by atoms with E-state index in [1.807, 2.05) is 35.2 Å². The van der Waals surface area contributed by atoms with Gasteiger partial charge in [-0.05, 0) is 37.9 Å². The second-order valence-corrected chi connectivity index (χ2v) is 7.17. The van der Waals surface area contributed by atoms with Crippen LogP contribution in [0, 0.1) is 5.92 Å². The normalized spacial score (nSPS) is 20.7. The molecular weight excluding hydrogens is 350 g/mol. The molecule has 0 spiro atoms. The maximum atomic E-state index is 13.1. The van der Waals surface area contributed by atoms with Crippen LogP contribution in [0.2, 0.25) is 0 Å². The number of halogens is 1. The summed E-state index contributed by atoms with van der Waals surface area (Å²) >= 11 is 0. The Balaban J connectivity index is 0.00000243. The molecule has 3 rings (SSSR count). The van der Waals surface area contributed by atoms with E-state index in [1.165, 1.54) is 0 Å². The minimum absolute atomic E-state index is 0. The maximum Gasteiger partial charge on any atom is 0.228 e. The SMILES string of the molecule is CCCN(C(=O)C1CC(=O)N(Cc2ccccc2)C1)C1CCNCC1.Cl. The molecule has 2 amide bonds. The molecule has 0 saturated carbocycles. The van der Waals surface area contributed by atoms with E-state index in [9.17, 15) is 9.59 Å². The van der Waals surface area contributed by atoms with Crippen molar-refractivity contribution in [1.82, 2.24) is 15.1 Å². The molecule has 1 aromatic carbocycles. The van der Waals surface area contributed by atoms with Gasteiger partial charge in [0, 0.05) is 32.1 Å².